The van der Waals surface area contributed by atoms with Gasteiger partial charge in [0, 0.05) is 23.5 Å². The first-order valence-electron chi connectivity index (χ1n) is 10.8. The van der Waals surface area contributed by atoms with Crippen LogP contribution in [0.15, 0.2) is 39.7 Å². The first kappa shape index (κ1) is 26.7. The summed E-state index contributed by atoms with van der Waals surface area (Å²) in [4.78, 5) is 15.8. The van der Waals surface area contributed by atoms with Crippen LogP contribution in [0.3, 0.4) is 0 Å². The molecule has 1 atom stereocenters. The highest BCUT2D eigenvalue weighted by molar-refractivity contribution is 9.10. The maximum atomic E-state index is 13.3. The summed E-state index contributed by atoms with van der Waals surface area (Å²) in [5.74, 6) is -0.185. The van der Waals surface area contributed by atoms with Crippen LogP contribution in [0.25, 0.3) is 10.9 Å². The van der Waals surface area contributed by atoms with E-state index in [0.717, 1.165) is 18.4 Å². The molecule has 1 aromatic heterocycles. The Balaban J connectivity index is 0.00000324. The lowest BCUT2D eigenvalue weighted by atomic mass is 10.0. The molecule has 4 rings (SSSR count). The molecule has 34 heavy (non-hydrogen) atoms. The Labute approximate surface area is 216 Å². The fourth-order valence-electron chi connectivity index (χ4n) is 4.15. The van der Waals surface area contributed by atoms with Crippen LogP contribution in [-0.2, 0) is 28.2 Å². The number of phenolic OH excluding ortho intramolecular Hbond substituents is 2. The Kier molecular flexibility index (Phi) is 8.47. The minimum Gasteiger partial charge on any atom is -0.611 e. The predicted molar refractivity (Wildman–Crippen MR) is 138 cm³/mol. The van der Waals surface area contributed by atoms with E-state index in [2.05, 4.69) is 20.5 Å². The lowest BCUT2D eigenvalue weighted by Gasteiger charge is -2.15. The van der Waals surface area contributed by atoms with E-state index < -0.39 is 17.1 Å². The van der Waals surface area contributed by atoms with E-state index in [9.17, 15) is 19.6 Å². The number of ether oxygens (including phenoxy) is 1. The number of halogens is 2. The molecule has 184 valence electrons. The molecule has 1 fully saturated rings. The highest BCUT2D eigenvalue weighted by atomic mass is 79.9. The summed E-state index contributed by atoms with van der Waals surface area (Å²) in [5, 5.41) is 21.1. The standard InChI is InChI=1S/C24H27BrN2O5S.ClH/c1-4-32-24(30)22-20(13-33(31)16-9-7-15(28)8-10-16)27(14-5-6-14)19-11-18(25)23(29)17(21(19)22)12-26(2)3;/h7-11,14,28-29H,4-6,12-13H2,1-3H3;1H. The van der Waals surface area contributed by atoms with Crippen molar-refractivity contribution in [3.8, 4) is 11.5 Å². The zero-order valence-electron chi connectivity index (χ0n) is 19.2. The summed E-state index contributed by atoms with van der Waals surface area (Å²) >= 11 is 2.02. The lowest BCUT2D eigenvalue weighted by Crippen LogP contribution is -2.15. The van der Waals surface area contributed by atoms with Gasteiger partial charge < -0.3 is 29.0 Å². The van der Waals surface area contributed by atoms with E-state index in [4.69, 9.17) is 4.74 Å². The van der Waals surface area contributed by atoms with E-state index in [1.165, 1.54) is 12.1 Å². The predicted octanol–water partition coefficient (Wildman–Crippen LogP) is 5.12. The summed E-state index contributed by atoms with van der Waals surface area (Å²) in [7, 11) is 3.80. The number of fused-ring (bicyclic) bond motifs is 1. The van der Waals surface area contributed by atoms with Gasteiger partial charge in [0.05, 0.1) is 27.9 Å². The molecular formula is C24H28BrClN2O5S. The Morgan fingerprint density at radius 1 is 1.26 bits per heavy atom. The van der Waals surface area contributed by atoms with Crippen molar-refractivity contribution in [2.75, 3.05) is 20.7 Å². The van der Waals surface area contributed by atoms with Crippen LogP contribution in [0.2, 0.25) is 0 Å². The fraction of sp³-hybridized carbons (Fsp3) is 0.375. The number of benzene rings is 2. The zero-order chi connectivity index (χ0) is 23.9. The molecular weight excluding hydrogens is 544 g/mol. The lowest BCUT2D eigenvalue weighted by molar-refractivity contribution is 0.0527. The summed E-state index contributed by atoms with van der Waals surface area (Å²) in [6.07, 6.45) is 1.93. The van der Waals surface area contributed by atoms with Crippen LogP contribution < -0.4 is 0 Å². The summed E-state index contributed by atoms with van der Waals surface area (Å²) < 4.78 is 21.4. The monoisotopic (exact) mass is 570 g/mol. The van der Waals surface area contributed by atoms with Crippen molar-refractivity contribution in [3.05, 3.63) is 51.6 Å². The molecule has 2 N–H and O–H groups in total. The van der Waals surface area contributed by atoms with Crippen molar-refractivity contribution in [2.45, 2.75) is 43.0 Å². The van der Waals surface area contributed by atoms with E-state index >= 15 is 0 Å². The number of rotatable bonds is 8. The molecule has 7 nitrogen and oxygen atoms in total. The van der Waals surface area contributed by atoms with Gasteiger partial charge in [-0.1, -0.05) is 0 Å². The van der Waals surface area contributed by atoms with Gasteiger partial charge in [-0.25, -0.2) is 4.79 Å². The molecule has 0 spiro atoms. The molecule has 3 aromatic rings. The largest absolute Gasteiger partial charge is 0.611 e. The Morgan fingerprint density at radius 3 is 2.47 bits per heavy atom. The highest BCUT2D eigenvalue weighted by Gasteiger charge is 2.36. The zero-order valence-corrected chi connectivity index (χ0v) is 22.4. The normalized spacial score (nSPS) is 14.3. The fourth-order valence-corrected chi connectivity index (χ4v) is 5.74. The second-order valence-corrected chi connectivity index (χ2v) is 10.8. The summed E-state index contributed by atoms with van der Waals surface area (Å²) in [5.41, 5.74) is 2.46. The molecule has 0 bridgehead atoms. The SMILES string of the molecule is CCOC(=O)c1c(C[S+]([O-])c2ccc(O)cc2)n(C2CC2)c2cc(Br)c(O)c(CN(C)C)c12.Cl. The number of hydrogen-bond donors (Lipinski definition) is 2. The van der Waals surface area contributed by atoms with Crippen molar-refractivity contribution in [1.29, 1.82) is 0 Å². The average Bonchev–Trinajstić information content (AvgIpc) is 3.54. The number of aromatic nitrogens is 1. The van der Waals surface area contributed by atoms with Crippen molar-refractivity contribution in [2.24, 2.45) is 0 Å². The molecule has 1 saturated carbocycles. The molecule has 10 heteroatoms. The van der Waals surface area contributed by atoms with Crippen molar-refractivity contribution >= 4 is 56.4 Å². The van der Waals surface area contributed by atoms with Crippen LogP contribution in [0.5, 0.6) is 11.5 Å². The quantitative estimate of drug-likeness (QED) is 0.288. The molecule has 1 unspecified atom stereocenters. The van der Waals surface area contributed by atoms with Crippen LogP contribution in [-0.4, -0.2) is 50.9 Å². The molecule has 0 amide bonds. The summed E-state index contributed by atoms with van der Waals surface area (Å²) in [6, 6.07) is 8.28. The van der Waals surface area contributed by atoms with Gasteiger partial charge in [0.15, 0.2) is 10.6 Å². The van der Waals surface area contributed by atoms with Crippen molar-refractivity contribution in [3.63, 3.8) is 0 Å². The average molecular weight is 572 g/mol. The third-order valence-corrected chi connectivity index (χ3v) is 7.59. The molecule has 0 aliphatic heterocycles. The van der Waals surface area contributed by atoms with Gasteiger partial charge >= 0.3 is 5.97 Å². The number of carbonyl (C=O) groups excluding carboxylic acids is 1. The van der Waals surface area contributed by atoms with E-state index in [1.807, 2.05) is 25.1 Å². The van der Waals surface area contributed by atoms with Gasteiger partial charge in [0.25, 0.3) is 0 Å². The first-order chi connectivity index (χ1) is 15.7. The number of hydrogen-bond acceptors (Lipinski definition) is 6. The second kappa shape index (κ2) is 10.8. The van der Waals surface area contributed by atoms with Gasteiger partial charge in [0.2, 0.25) is 0 Å². The van der Waals surface area contributed by atoms with Gasteiger partial charge in [-0.3, -0.25) is 0 Å². The van der Waals surface area contributed by atoms with Gasteiger partial charge in [-0.15, -0.1) is 12.4 Å². The van der Waals surface area contributed by atoms with E-state index in [1.54, 1.807) is 19.1 Å². The molecule has 1 heterocycles. The van der Waals surface area contributed by atoms with Crippen LogP contribution in [0.1, 0.15) is 47.4 Å². The van der Waals surface area contributed by atoms with Gasteiger partial charge in [-0.2, -0.15) is 0 Å². The van der Waals surface area contributed by atoms with E-state index in [0.29, 0.717) is 38.1 Å². The Bertz CT molecular complexity index is 1190. The minimum absolute atomic E-state index is 0. The molecule has 1 aliphatic rings. The maximum absolute atomic E-state index is 13.3. The van der Waals surface area contributed by atoms with Crippen LogP contribution >= 0.6 is 28.3 Å². The second-order valence-electron chi connectivity index (χ2n) is 8.44. The number of phenols is 2. The topological polar surface area (TPSA) is 98.0 Å². The summed E-state index contributed by atoms with van der Waals surface area (Å²) in [6.45, 7) is 2.38. The Morgan fingerprint density at radius 2 is 1.91 bits per heavy atom. The molecule has 0 radical (unpaired) electrons. The van der Waals surface area contributed by atoms with Crippen molar-refractivity contribution in [1.82, 2.24) is 9.47 Å². The minimum atomic E-state index is -1.45. The van der Waals surface area contributed by atoms with Gasteiger partial charge in [0.1, 0.15) is 11.5 Å². The number of aromatic hydroxyl groups is 2. The number of esters is 1. The van der Waals surface area contributed by atoms with Crippen LogP contribution in [0.4, 0.5) is 0 Å². The smallest absolute Gasteiger partial charge is 0.340 e. The molecule has 0 saturated heterocycles. The third-order valence-electron chi connectivity index (χ3n) is 5.66. The Hall–Kier alpha value is -1.91. The maximum Gasteiger partial charge on any atom is 0.340 e. The third kappa shape index (κ3) is 5.18. The van der Waals surface area contributed by atoms with Gasteiger partial charge in [-0.05, 0) is 91.3 Å². The van der Waals surface area contributed by atoms with Crippen LogP contribution in [0, 0.1) is 0 Å². The van der Waals surface area contributed by atoms with E-state index in [-0.39, 0.29) is 42.3 Å². The number of carbonyl (C=O) groups is 1. The first-order valence-corrected chi connectivity index (χ1v) is 12.9. The molecule has 1 aliphatic carbocycles. The van der Waals surface area contributed by atoms with Crippen molar-refractivity contribution < 1.29 is 24.3 Å². The highest BCUT2D eigenvalue weighted by Crippen LogP contribution is 2.46. The number of nitrogens with zero attached hydrogens (tertiary/aromatic N) is 2. The molecule has 2 aromatic carbocycles.